The zero-order valence-corrected chi connectivity index (χ0v) is 9.76. The highest BCUT2D eigenvalue weighted by atomic mass is 32.1. The molecule has 1 fully saturated rings. The molecule has 0 unspecified atom stereocenters. The van der Waals surface area contributed by atoms with E-state index < -0.39 is 0 Å². The van der Waals surface area contributed by atoms with E-state index in [2.05, 4.69) is 22.2 Å². The van der Waals surface area contributed by atoms with Crippen LogP contribution in [0.25, 0.3) is 0 Å². The van der Waals surface area contributed by atoms with Crippen molar-refractivity contribution in [3.05, 3.63) is 11.1 Å². The van der Waals surface area contributed by atoms with Gasteiger partial charge in [-0.25, -0.2) is 4.98 Å². The Labute approximate surface area is 93.8 Å². The van der Waals surface area contributed by atoms with E-state index >= 15 is 0 Å². The van der Waals surface area contributed by atoms with Gasteiger partial charge in [0.2, 0.25) is 0 Å². The van der Waals surface area contributed by atoms with Crippen LogP contribution in [-0.2, 0) is 11.2 Å². The smallest absolute Gasteiger partial charge is 0.274 e. The zero-order chi connectivity index (χ0) is 10.5. The van der Waals surface area contributed by atoms with E-state index in [1.165, 1.54) is 0 Å². The van der Waals surface area contributed by atoms with E-state index in [9.17, 15) is 0 Å². The number of ether oxygens (including phenoxy) is 2. The lowest BCUT2D eigenvalue weighted by Gasteiger charge is -2.25. The molecule has 2 rings (SSSR count). The Bertz CT molecular complexity index is 297. The lowest BCUT2D eigenvalue weighted by Crippen LogP contribution is -2.38. The molecule has 1 aliphatic heterocycles. The first-order valence-corrected chi connectivity index (χ1v) is 6.13. The minimum absolute atomic E-state index is 0.625. The van der Waals surface area contributed by atoms with Gasteiger partial charge in [0.05, 0.1) is 18.9 Å². The first kappa shape index (κ1) is 10.9. The fourth-order valence-corrected chi connectivity index (χ4v) is 2.14. The molecular weight excluding hydrogens is 212 g/mol. The van der Waals surface area contributed by atoms with E-state index in [0.29, 0.717) is 6.73 Å². The van der Waals surface area contributed by atoms with Crippen LogP contribution in [0, 0.1) is 0 Å². The predicted octanol–water partition coefficient (Wildman–Crippen LogP) is 1.37. The third-order valence-electron chi connectivity index (χ3n) is 2.37. The van der Waals surface area contributed by atoms with Crippen molar-refractivity contribution in [2.45, 2.75) is 13.3 Å². The summed E-state index contributed by atoms with van der Waals surface area (Å²) in [6.07, 6.45) is 0.970. The summed E-state index contributed by atoms with van der Waals surface area (Å²) < 4.78 is 10.9. The molecule has 0 bridgehead atoms. The molecule has 0 amide bonds. The van der Waals surface area contributed by atoms with Gasteiger partial charge in [0, 0.05) is 18.5 Å². The normalized spacial score (nSPS) is 17.9. The molecule has 0 spiro atoms. The second-order valence-corrected chi connectivity index (χ2v) is 4.28. The maximum absolute atomic E-state index is 5.61. The Hall–Kier alpha value is -0.650. The van der Waals surface area contributed by atoms with E-state index in [1.54, 1.807) is 11.3 Å². The van der Waals surface area contributed by atoms with Gasteiger partial charge in [-0.2, -0.15) is 0 Å². The molecule has 5 heteroatoms. The summed E-state index contributed by atoms with van der Waals surface area (Å²) in [5.74, 6) is 0. The van der Waals surface area contributed by atoms with Crippen molar-refractivity contribution >= 4 is 11.3 Å². The van der Waals surface area contributed by atoms with Gasteiger partial charge in [-0.05, 0) is 6.42 Å². The van der Waals surface area contributed by atoms with Gasteiger partial charge in [-0.1, -0.05) is 18.3 Å². The Morgan fingerprint density at radius 2 is 2.33 bits per heavy atom. The first-order chi connectivity index (χ1) is 7.38. The van der Waals surface area contributed by atoms with Gasteiger partial charge < -0.3 is 9.47 Å². The number of morpholine rings is 1. The molecular formula is C10H16N2O2S. The van der Waals surface area contributed by atoms with Crippen molar-refractivity contribution in [3.8, 4) is 5.19 Å². The van der Waals surface area contributed by atoms with Crippen molar-refractivity contribution in [1.29, 1.82) is 0 Å². The van der Waals surface area contributed by atoms with E-state index in [1.807, 2.05) is 0 Å². The molecule has 0 atom stereocenters. The van der Waals surface area contributed by atoms with Crippen molar-refractivity contribution in [2.75, 3.05) is 33.0 Å². The Morgan fingerprint density at radius 1 is 1.53 bits per heavy atom. The largest absolute Gasteiger partial charge is 0.454 e. The van der Waals surface area contributed by atoms with Gasteiger partial charge in [0.1, 0.15) is 6.73 Å². The highest BCUT2D eigenvalue weighted by Crippen LogP contribution is 2.18. The van der Waals surface area contributed by atoms with Crippen LogP contribution in [0.15, 0.2) is 5.38 Å². The molecule has 1 saturated heterocycles. The Kier molecular flexibility index (Phi) is 3.94. The summed E-state index contributed by atoms with van der Waals surface area (Å²) >= 11 is 1.57. The van der Waals surface area contributed by atoms with E-state index in [0.717, 1.165) is 43.6 Å². The van der Waals surface area contributed by atoms with Crippen LogP contribution in [-0.4, -0.2) is 42.9 Å². The van der Waals surface area contributed by atoms with Crippen LogP contribution in [0.4, 0.5) is 0 Å². The molecule has 0 N–H and O–H groups in total. The fraction of sp³-hybridized carbons (Fsp3) is 0.700. The summed E-state index contributed by atoms with van der Waals surface area (Å²) in [6, 6.07) is 0. The average molecular weight is 228 g/mol. The third kappa shape index (κ3) is 3.15. The molecule has 1 aromatic rings. The van der Waals surface area contributed by atoms with Crippen LogP contribution < -0.4 is 4.74 Å². The van der Waals surface area contributed by atoms with Crippen molar-refractivity contribution in [3.63, 3.8) is 0 Å². The van der Waals surface area contributed by atoms with Crippen molar-refractivity contribution in [2.24, 2.45) is 0 Å². The summed E-state index contributed by atoms with van der Waals surface area (Å²) in [7, 11) is 0. The van der Waals surface area contributed by atoms with E-state index in [4.69, 9.17) is 9.47 Å². The standard InChI is InChI=1S/C10H16N2O2S/c1-2-9-7-15-10(11-9)14-8-12-3-5-13-6-4-12/h7H,2-6,8H2,1H3. The topological polar surface area (TPSA) is 34.6 Å². The van der Waals surface area contributed by atoms with Crippen LogP contribution in [0.2, 0.25) is 0 Å². The Morgan fingerprint density at radius 3 is 3.00 bits per heavy atom. The number of hydrogen-bond acceptors (Lipinski definition) is 5. The van der Waals surface area contributed by atoms with Crippen molar-refractivity contribution in [1.82, 2.24) is 9.88 Å². The third-order valence-corrected chi connectivity index (χ3v) is 3.17. The van der Waals surface area contributed by atoms with Crippen LogP contribution in [0.5, 0.6) is 5.19 Å². The lowest BCUT2D eigenvalue weighted by molar-refractivity contribution is 0.00400. The molecule has 1 aromatic heterocycles. The Balaban J connectivity index is 1.76. The molecule has 84 valence electrons. The maximum atomic E-state index is 5.61. The van der Waals surface area contributed by atoms with Crippen LogP contribution in [0.1, 0.15) is 12.6 Å². The number of thiazole rings is 1. The average Bonchev–Trinajstić information content (AvgIpc) is 2.76. The lowest BCUT2D eigenvalue weighted by atomic mass is 10.4. The zero-order valence-electron chi connectivity index (χ0n) is 8.94. The minimum atomic E-state index is 0.625. The number of aryl methyl sites for hydroxylation is 1. The van der Waals surface area contributed by atoms with Crippen LogP contribution in [0.3, 0.4) is 0 Å². The highest BCUT2D eigenvalue weighted by Gasteiger charge is 2.11. The molecule has 0 radical (unpaired) electrons. The summed E-state index contributed by atoms with van der Waals surface area (Å²) in [4.78, 5) is 6.58. The van der Waals surface area contributed by atoms with Gasteiger partial charge in [-0.15, -0.1) is 0 Å². The molecule has 0 aliphatic carbocycles. The minimum Gasteiger partial charge on any atom is -0.454 e. The van der Waals surface area contributed by atoms with E-state index in [-0.39, 0.29) is 0 Å². The fourth-order valence-electron chi connectivity index (χ4n) is 1.39. The second-order valence-electron chi connectivity index (χ2n) is 3.46. The molecule has 4 nitrogen and oxygen atoms in total. The number of aromatic nitrogens is 1. The summed E-state index contributed by atoms with van der Waals surface area (Å²) in [5, 5.41) is 2.83. The van der Waals surface area contributed by atoms with Crippen molar-refractivity contribution < 1.29 is 9.47 Å². The predicted molar refractivity (Wildman–Crippen MR) is 59.4 cm³/mol. The number of nitrogens with zero attached hydrogens (tertiary/aromatic N) is 2. The second kappa shape index (κ2) is 5.44. The first-order valence-electron chi connectivity index (χ1n) is 5.26. The highest BCUT2D eigenvalue weighted by molar-refractivity contribution is 7.11. The number of rotatable bonds is 4. The van der Waals surface area contributed by atoms with Gasteiger partial charge in [-0.3, -0.25) is 4.90 Å². The quantitative estimate of drug-likeness (QED) is 0.779. The molecule has 0 saturated carbocycles. The van der Waals surface area contributed by atoms with Gasteiger partial charge in [0.15, 0.2) is 0 Å². The monoisotopic (exact) mass is 228 g/mol. The van der Waals surface area contributed by atoms with Crippen LogP contribution >= 0.6 is 11.3 Å². The summed E-state index contributed by atoms with van der Waals surface area (Å²) in [5.41, 5.74) is 1.11. The maximum Gasteiger partial charge on any atom is 0.274 e. The number of hydrogen-bond donors (Lipinski definition) is 0. The molecule has 15 heavy (non-hydrogen) atoms. The SMILES string of the molecule is CCc1csc(OCN2CCOCC2)n1. The van der Waals surface area contributed by atoms with Gasteiger partial charge >= 0.3 is 0 Å². The molecule has 2 heterocycles. The molecule has 1 aliphatic rings. The van der Waals surface area contributed by atoms with Gasteiger partial charge in [0.25, 0.3) is 5.19 Å². The molecule has 0 aromatic carbocycles. The summed E-state index contributed by atoms with van der Waals surface area (Å²) in [6.45, 7) is 6.24.